The summed E-state index contributed by atoms with van der Waals surface area (Å²) in [5, 5.41) is 4.14. The predicted octanol–water partition coefficient (Wildman–Crippen LogP) is 4.23. The van der Waals surface area contributed by atoms with Gasteiger partial charge in [0.05, 0.1) is 18.6 Å². The van der Waals surface area contributed by atoms with Crippen molar-refractivity contribution in [2.24, 2.45) is 5.10 Å². The number of ether oxygens (including phenoxy) is 1. The lowest BCUT2D eigenvalue weighted by molar-refractivity contribution is -0.118. The molecule has 2 aromatic carbocycles. The largest absolute Gasteiger partial charge is 0.497 e. The third-order valence-electron chi connectivity index (χ3n) is 3.27. The maximum absolute atomic E-state index is 11.9. The second-order valence-electron chi connectivity index (χ2n) is 5.08. The number of hydrogen-bond acceptors (Lipinski definition) is 4. The molecule has 0 heterocycles. The van der Waals surface area contributed by atoms with Gasteiger partial charge in [-0.05, 0) is 42.3 Å². The highest BCUT2D eigenvalue weighted by Crippen LogP contribution is 2.16. The Kier molecular flexibility index (Phi) is 7.34. The first-order valence-electron chi connectivity index (χ1n) is 7.38. The summed E-state index contributed by atoms with van der Waals surface area (Å²) in [4.78, 5) is 11.9. The van der Waals surface area contributed by atoms with Crippen LogP contribution >= 0.6 is 27.7 Å². The van der Waals surface area contributed by atoms with Gasteiger partial charge in [0.25, 0.3) is 0 Å². The van der Waals surface area contributed by atoms with Crippen LogP contribution in [0.4, 0.5) is 0 Å². The molecule has 0 aliphatic rings. The lowest BCUT2D eigenvalue weighted by Crippen LogP contribution is -2.21. The molecule has 0 aromatic heterocycles. The van der Waals surface area contributed by atoms with Gasteiger partial charge in [-0.3, -0.25) is 4.79 Å². The topological polar surface area (TPSA) is 50.7 Å². The molecule has 0 saturated heterocycles. The second kappa shape index (κ2) is 9.49. The van der Waals surface area contributed by atoms with E-state index in [9.17, 15) is 4.79 Å². The van der Waals surface area contributed by atoms with Crippen LogP contribution < -0.4 is 10.2 Å². The number of rotatable bonds is 7. The van der Waals surface area contributed by atoms with E-state index in [2.05, 4.69) is 26.5 Å². The van der Waals surface area contributed by atoms with Crippen molar-refractivity contribution in [1.82, 2.24) is 5.43 Å². The number of hydrogen-bond donors (Lipinski definition) is 1. The number of carbonyl (C=O) groups is 1. The van der Waals surface area contributed by atoms with Crippen LogP contribution in [0.2, 0.25) is 0 Å². The van der Waals surface area contributed by atoms with E-state index in [1.54, 1.807) is 18.9 Å². The van der Waals surface area contributed by atoms with Crippen LogP contribution in [0.1, 0.15) is 18.1 Å². The van der Waals surface area contributed by atoms with Gasteiger partial charge in [0.2, 0.25) is 5.91 Å². The number of methoxy groups -OCH3 is 1. The smallest absolute Gasteiger partial charge is 0.250 e. The number of nitrogens with zero attached hydrogens (tertiary/aromatic N) is 1. The van der Waals surface area contributed by atoms with E-state index in [4.69, 9.17) is 4.74 Å². The number of halogens is 1. The predicted molar refractivity (Wildman–Crippen MR) is 104 cm³/mol. The minimum Gasteiger partial charge on any atom is -0.497 e. The summed E-state index contributed by atoms with van der Waals surface area (Å²) < 4.78 is 6.13. The molecule has 0 bridgehead atoms. The van der Waals surface area contributed by atoms with E-state index < -0.39 is 0 Å². The fourth-order valence-corrected chi connectivity index (χ4v) is 2.96. The van der Waals surface area contributed by atoms with Gasteiger partial charge in [-0.25, -0.2) is 5.43 Å². The molecular formula is C18H19BrN2O2S. The molecule has 0 radical (unpaired) electrons. The van der Waals surface area contributed by atoms with E-state index >= 15 is 0 Å². The molecule has 0 atom stereocenters. The molecule has 0 spiro atoms. The van der Waals surface area contributed by atoms with Crippen LogP contribution in [-0.2, 0) is 10.5 Å². The monoisotopic (exact) mass is 406 g/mol. The summed E-state index contributed by atoms with van der Waals surface area (Å²) in [7, 11) is 1.64. The van der Waals surface area contributed by atoms with Crippen LogP contribution in [0.15, 0.2) is 58.1 Å². The Morgan fingerprint density at radius 1 is 1.17 bits per heavy atom. The zero-order valence-corrected chi connectivity index (χ0v) is 16.0. The molecule has 0 aliphatic carbocycles. The third kappa shape index (κ3) is 6.02. The van der Waals surface area contributed by atoms with Crippen molar-refractivity contribution < 1.29 is 9.53 Å². The summed E-state index contributed by atoms with van der Waals surface area (Å²) >= 11 is 4.94. The fraction of sp³-hybridized carbons (Fsp3) is 0.222. The molecule has 6 heteroatoms. The zero-order chi connectivity index (χ0) is 17.4. The maximum Gasteiger partial charge on any atom is 0.250 e. The first-order chi connectivity index (χ1) is 11.6. The second-order valence-corrected chi connectivity index (χ2v) is 6.98. The molecule has 0 aliphatic heterocycles. The van der Waals surface area contributed by atoms with Gasteiger partial charge < -0.3 is 4.74 Å². The van der Waals surface area contributed by atoms with Crippen LogP contribution in [0.25, 0.3) is 0 Å². The van der Waals surface area contributed by atoms with Gasteiger partial charge in [0.15, 0.2) is 0 Å². The SMILES string of the molecule is COc1ccc(CSCC(=O)N/N=C(/C)c2ccc(Br)cc2)cc1. The minimum absolute atomic E-state index is 0.107. The Morgan fingerprint density at radius 2 is 1.83 bits per heavy atom. The first-order valence-corrected chi connectivity index (χ1v) is 9.33. The summed E-state index contributed by atoms with van der Waals surface area (Å²) in [6.07, 6.45) is 0. The van der Waals surface area contributed by atoms with Crippen molar-refractivity contribution in [2.75, 3.05) is 12.9 Å². The van der Waals surface area contributed by atoms with E-state index in [1.165, 1.54) is 0 Å². The highest BCUT2D eigenvalue weighted by Gasteiger charge is 2.03. The molecule has 1 N–H and O–H groups in total. The quantitative estimate of drug-likeness (QED) is 0.552. The minimum atomic E-state index is -0.107. The van der Waals surface area contributed by atoms with Crippen molar-refractivity contribution in [3.05, 3.63) is 64.1 Å². The fourth-order valence-electron chi connectivity index (χ4n) is 1.92. The molecule has 0 unspecified atom stereocenters. The molecule has 1 amide bonds. The standard InChI is InChI=1S/C18H19BrN2O2S/c1-13(15-5-7-16(19)8-6-15)20-21-18(22)12-24-11-14-3-9-17(23-2)10-4-14/h3-10H,11-12H2,1-2H3,(H,21,22)/b20-13-. The average Bonchev–Trinajstić information content (AvgIpc) is 2.61. The highest BCUT2D eigenvalue weighted by molar-refractivity contribution is 9.10. The van der Waals surface area contributed by atoms with Gasteiger partial charge in [0.1, 0.15) is 5.75 Å². The maximum atomic E-state index is 11.9. The van der Waals surface area contributed by atoms with E-state index in [0.717, 1.165) is 32.8 Å². The summed E-state index contributed by atoms with van der Waals surface area (Å²) in [5.41, 5.74) is 5.50. The lowest BCUT2D eigenvalue weighted by Gasteiger charge is -2.05. The van der Waals surface area contributed by atoms with E-state index in [1.807, 2.05) is 55.5 Å². The van der Waals surface area contributed by atoms with Crippen LogP contribution in [-0.4, -0.2) is 24.5 Å². The number of nitrogens with one attached hydrogen (secondary N) is 1. The summed E-state index contributed by atoms with van der Waals surface area (Å²) in [6.45, 7) is 1.87. The number of thioether (sulfide) groups is 1. The van der Waals surface area contributed by atoms with Gasteiger partial charge in [-0.2, -0.15) is 5.10 Å². The molecule has 4 nitrogen and oxygen atoms in total. The molecule has 0 fully saturated rings. The van der Waals surface area contributed by atoms with Crippen molar-refractivity contribution in [3.8, 4) is 5.75 Å². The average molecular weight is 407 g/mol. The Bertz CT molecular complexity index is 700. The first kappa shape index (κ1) is 18.5. The number of benzene rings is 2. The Morgan fingerprint density at radius 3 is 2.46 bits per heavy atom. The van der Waals surface area contributed by atoms with Gasteiger partial charge >= 0.3 is 0 Å². The van der Waals surface area contributed by atoms with Crippen molar-refractivity contribution in [1.29, 1.82) is 0 Å². The van der Waals surface area contributed by atoms with Crippen molar-refractivity contribution in [3.63, 3.8) is 0 Å². The molecular weight excluding hydrogens is 388 g/mol. The summed E-state index contributed by atoms with van der Waals surface area (Å²) in [6, 6.07) is 15.6. The zero-order valence-electron chi connectivity index (χ0n) is 13.6. The summed E-state index contributed by atoms with van der Waals surface area (Å²) in [5.74, 6) is 1.86. The lowest BCUT2D eigenvalue weighted by atomic mass is 10.1. The molecule has 2 aromatic rings. The third-order valence-corrected chi connectivity index (χ3v) is 4.80. The van der Waals surface area contributed by atoms with Crippen LogP contribution in [0, 0.1) is 0 Å². The van der Waals surface area contributed by atoms with Gasteiger partial charge in [0, 0.05) is 10.2 Å². The van der Waals surface area contributed by atoms with Gasteiger partial charge in [-0.15, -0.1) is 11.8 Å². The Balaban J connectivity index is 1.76. The van der Waals surface area contributed by atoms with Crippen LogP contribution in [0.3, 0.4) is 0 Å². The normalized spacial score (nSPS) is 11.2. The highest BCUT2D eigenvalue weighted by atomic mass is 79.9. The van der Waals surface area contributed by atoms with Crippen LogP contribution in [0.5, 0.6) is 5.75 Å². The molecule has 126 valence electrons. The Hall–Kier alpha value is -1.79. The molecule has 0 saturated carbocycles. The van der Waals surface area contributed by atoms with E-state index in [0.29, 0.717) is 5.75 Å². The number of amides is 1. The number of carbonyl (C=O) groups excluding carboxylic acids is 1. The van der Waals surface area contributed by atoms with Gasteiger partial charge in [-0.1, -0.05) is 40.2 Å². The van der Waals surface area contributed by atoms with Crippen molar-refractivity contribution >= 4 is 39.3 Å². The molecule has 24 heavy (non-hydrogen) atoms. The Labute approximate surface area is 154 Å². The van der Waals surface area contributed by atoms with E-state index in [-0.39, 0.29) is 5.91 Å². The molecule has 2 rings (SSSR count). The van der Waals surface area contributed by atoms with Crippen molar-refractivity contribution in [2.45, 2.75) is 12.7 Å². The number of hydrazone groups is 1.